The highest BCUT2D eigenvalue weighted by Gasteiger charge is 2.14. The second-order valence-electron chi connectivity index (χ2n) is 4.29. The molecule has 0 saturated heterocycles. The molecule has 2 atom stereocenters. The van der Waals surface area contributed by atoms with Gasteiger partial charge in [-0.3, -0.25) is 4.79 Å². The van der Waals surface area contributed by atoms with Gasteiger partial charge in [-0.25, -0.2) is 4.79 Å². The lowest BCUT2D eigenvalue weighted by molar-refractivity contribution is -0.145. The Morgan fingerprint density at radius 2 is 2.44 bits per heavy atom. The number of esters is 2. The smallest absolute Gasteiger partial charge is 0.331 e. The first-order valence-corrected chi connectivity index (χ1v) is 6.34. The van der Waals surface area contributed by atoms with E-state index in [-0.39, 0.29) is 24.1 Å². The van der Waals surface area contributed by atoms with Crippen LogP contribution in [0.4, 0.5) is 0 Å². The highest BCUT2D eigenvalue weighted by atomic mass is 16.5. The zero-order chi connectivity index (χ0) is 13.4. The topological polar surface area (TPSA) is 52.6 Å². The lowest BCUT2D eigenvalue weighted by atomic mass is 10.1. The van der Waals surface area contributed by atoms with E-state index in [1.165, 1.54) is 13.0 Å². The highest BCUT2D eigenvalue weighted by molar-refractivity contribution is 5.82. The van der Waals surface area contributed by atoms with Crippen LogP contribution in [0.2, 0.25) is 0 Å². The maximum atomic E-state index is 11.0. The first-order valence-electron chi connectivity index (χ1n) is 6.34. The van der Waals surface area contributed by atoms with Crippen LogP contribution < -0.4 is 0 Å². The average molecular weight is 252 g/mol. The normalized spacial score (nSPS) is 20.8. The van der Waals surface area contributed by atoms with Gasteiger partial charge in [-0.05, 0) is 25.0 Å². The zero-order valence-corrected chi connectivity index (χ0v) is 10.9. The molecule has 0 radical (unpaired) electrons. The van der Waals surface area contributed by atoms with Crippen LogP contribution in [-0.4, -0.2) is 24.1 Å². The predicted octanol–water partition coefficient (Wildman–Crippen LogP) is 2.54. The molecule has 1 rings (SSSR count). The van der Waals surface area contributed by atoms with Crippen molar-refractivity contribution < 1.29 is 19.1 Å². The van der Waals surface area contributed by atoms with E-state index < -0.39 is 0 Å². The molecular weight excluding hydrogens is 232 g/mol. The average Bonchev–Trinajstić information content (AvgIpc) is 2.32. The van der Waals surface area contributed by atoms with Gasteiger partial charge in [0, 0.05) is 19.4 Å². The van der Waals surface area contributed by atoms with E-state index in [2.05, 4.69) is 6.92 Å². The summed E-state index contributed by atoms with van der Waals surface area (Å²) in [6.07, 6.45) is 9.84. The molecule has 0 aromatic rings. The number of carbonyl (C=O) groups is 2. The third-order valence-corrected chi connectivity index (χ3v) is 2.59. The number of hydrogen-bond donors (Lipinski definition) is 0. The molecule has 0 bridgehead atoms. The van der Waals surface area contributed by atoms with Gasteiger partial charge in [0.25, 0.3) is 0 Å². The molecule has 100 valence electrons. The lowest BCUT2D eigenvalue weighted by Crippen LogP contribution is -2.19. The minimum absolute atomic E-state index is 0.230. The summed E-state index contributed by atoms with van der Waals surface area (Å²) in [7, 11) is 0. The van der Waals surface area contributed by atoms with Gasteiger partial charge in [-0.1, -0.05) is 19.4 Å². The summed E-state index contributed by atoms with van der Waals surface area (Å²) < 4.78 is 10.3. The van der Waals surface area contributed by atoms with Gasteiger partial charge in [-0.15, -0.1) is 0 Å². The summed E-state index contributed by atoms with van der Waals surface area (Å²) in [4.78, 5) is 22.0. The predicted molar refractivity (Wildman–Crippen MR) is 67.9 cm³/mol. The van der Waals surface area contributed by atoms with Gasteiger partial charge in [0.2, 0.25) is 0 Å². The molecular formula is C14H20O4. The Morgan fingerprint density at radius 1 is 1.67 bits per heavy atom. The highest BCUT2D eigenvalue weighted by Crippen LogP contribution is 2.12. The van der Waals surface area contributed by atoms with Crippen molar-refractivity contribution in [2.24, 2.45) is 0 Å². The van der Waals surface area contributed by atoms with Crippen molar-refractivity contribution in [3.8, 4) is 0 Å². The van der Waals surface area contributed by atoms with Gasteiger partial charge in [0.1, 0.15) is 12.2 Å². The van der Waals surface area contributed by atoms with E-state index in [1.54, 1.807) is 12.2 Å². The van der Waals surface area contributed by atoms with Crippen LogP contribution in [0.1, 0.15) is 39.5 Å². The van der Waals surface area contributed by atoms with Crippen molar-refractivity contribution in [1.29, 1.82) is 0 Å². The fourth-order valence-corrected chi connectivity index (χ4v) is 1.71. The van der Waals surface area contributed by atoms with E-state index >= 15 is 0 Å². The number of rotatable bonds is 6. The first kappa shape index (κ1) is 14.5. The molecule has 18 heavy (non-hydrogen) atoms. The van der Waals surface area contributed by atoms with Crippen LogP contribution in [0, 0.1) is 0 Å². The van der Waals surface area contributed by atoms with Crippen molar-refractivity contribution in [1.82, 2.24) is 0 Å². The van der Waals surface area contributed by atoms with Crippen LogP contribution in [0.25, 0.3) is 0 Å². The minimum atomic E-state index is -0.325. The van der Waals surface area contributed by atoms with Crippen molar-refractivity contribution >= 4 is 11.9 Å². The van der Waals surface area contributed by atoms with Crippen LogP contribution in [0.3, 0.4) is 0 Å². The second-order valence-corrected chi connectivity index (χ2v) is 4.29. The maximum Gasteiger partial charge on any atom is 0.331 e. The minimum Gasteiger partial charge on any atom is -0.458 e. The molecule has 0 aromatic heterocycles. The van der Waals surface area contributed by atoms with Crippen molar-refractivity contribution in [3.05, 3.63) is 24.3 Å². The molecule has 4 heteroatoms. The van der Waals surface area contributed by atoms with E-state index in [0.717, 1.165) is 19.3 Å². The van der Waals surface area contributed by atoms with Gasteiger partial charge in [-0.2, -0.15) is 0 Å². The van der Waals surface area contributed by atoms with Crippen LogP contribution in [0.5, 0.6) is 0 Å². The SMILES string of the molecule is CCCC[C@H](/C=C/[C@@H]1CC=CC(=O)O1)OC(C)=O. The van der Waals surface area contributed by atoms with E-state index in [1.807, 2.05) is 6.08 Å². The summed E-state index contributed by atoms with van der Waals surface area (Å²) in [5, 5.41) is 0. The number of ether oxygens (including phenoxy) is 2. The molecule has 1 heterocycles. The van der Waals surface area contributed by atoms with Crippen molar-refractivity contribution in [2.75, 3.05) is 0 Å². The molecule has 1 aliphatic heterocycles. The molecule has 0 unspecified atom stereocenters. The molecule has 0 N–H and O–H groups in total. The zero-order valence-electron chi connectivity index (χ0n) is 10.9. The Kier molecular flexibility index (Phi) is 6.19. The summed E-state index contributed by atoms with van der Waals surface area (Å²) in [6.45, 7) is 3.48. The monoisotopic (exact) mass is 252 g/mol. The number of carbonyl (C=O) groups excluding carboxylic acids is 2. The Balaban J connectivity index is 2.50. The molecule has 0 amide bonds. The summed E-state index contributed by atoms with van der Waals surface area (Å²) in [5.41, 5.74) is 0. The van der Waals surface area contributed by atoms with Gasteiger partial charge >= 0.3 is 11.9 Å². The molecule has 0 aliphatic carbocycles. The summed E-state index contributed by atoms with van der Waals surface area (Å²) in [5.74, 6) is -0.616. The Bertz CT molecular complexity index is 344. The third kappa shape index (κ3) is 5.66. The maximum absolute atomic E-state index is 11.0. The summed E-state index contributed by atoms with van der Waals surface area (Å²) in [6, 6.07) is 0. The molecule has 4 nitrogen and oxygen atoms in total. The van der Waals surface area contributed by atoms with E-state index in [9.17, 15) is 9.59 Å². The quantitative estimate of drug-likeness (QED) is 0.538. The molecule has 0 spiro atoms. The van der Waals surface area contributed by atoms with Crippen LogP contribution >= 0.6 is 0 Å². The molecule has 0 saturated carbocycles. The largest absolute Gasteiger partial charge is 0.458 e. The molecule has 1 aliphatic rings. The van der Waals surface area contributed by atoms with Crippen LogP contribution in [0.15, 0.2) is 24.3 Å². The first-order chi connectivity index (χ1) is 8.61. The lowest BCUT2D eigenvalue weighted by Gasteiger charge is -2.17. The third-order valence-electron chi connectivity index (χ3n) is 2.59. The Labute approximate surface area is 108 Å². The van der Waals surface area contributed by atoms with E-state index in [4.69, 9.17) is 9.47 Å². The van der Waals surface area contributed by atoms with Gasteiger partial charge in [0.05, 0.1) is 0 Å². The second kappa shape index (κ2) is 7.69. The van der Waals surface area contributed by atoms with Crippen molar-refractivity contribution in [2.45, 2.75) is 51.7 Å². The Hall–Kier alpha value is -1.58. The molecule has 0 fully saturated rings. The van der Waals surface area contributed by atoms with E-state index in [0.29, 0.717) is 6.42 Å². The standard InChI is InChI=1S/C14H20O4/c1-3-4-6-12(17-11(2)15)9-10-13-7-5-8-14(16)18-13/h5,8-10,12-13H,3-4,6-7H2,1-2H3/b10-9+/t12-,13+/m1/s1. The fraction of sp³-hybridized carbons (Fsp3) is 0.571. The number of cyclic esters (lactones) is 1. The summed E-state index contributed by atoms with van der Waals surface area (Å²) >= 11 is 0. The Morgan fingerprint density at radius 3 is 3.06 bits per heavy atom. The number of unbranched alkanes of at least 4 members (excludes halogenated alkanes) is 1. The van der Waals surface area contributed by atoms with Crippen LogP contribution in [-0.2, 0) is 19.1 Å². The fourth-order valence-electron chi connectivity index (χ4n) is 1.71. The van der Waals surface area contributed by atoms with Gasteiger partial charge < -0.3 is 9.47 Å². The van der Waals surface area contributed by atoms with Crippen molar-refractivity contribution in [3.63, 3.8) is 0 Å². The van der Waals surface area contributed by atoms with Gasteiger partial charge in [0.15, 0.2) is 0 Å². The number of hydrogen-bond acceptors (Lipinski definition) is 4. The molecule has 0 aromatic carbocycles.